The highest BCUT2D eigenvalue weighted by Gasteiger charge is 2.11. The lowest BCUT2D eigenvalue weighted by atomic mass is 10.1. The number of hydrogen-bond acceptors (Lipinski definition) is 3. The van der Waals surface area contributed by atoms with Crippen LogP contribution in [0.15, 0.2) is 42.0 Å². The Kier molecular flexibility index (Phi) is 3.07. The molecular formula is C13H11ClN2OS. The Labute approximate surface area is 113 Å². The minimum Gasteiger partial charge on any atom is -0.388 e. The summed E-state index contributed by atoms with van der Waals surface area (Å²) in [6.07, 6.45) is 3.82. The number of hydrogen-bond donors (Lipinski definition) is 1. The molecule has 0 saturated heterocycles. The molecule has 0 aliphatic heterocycles. The maximum atomic E-state index is 10.2. The van der Waals surface area contributed by atoms with Gasteiger partial charge in [0, 0.05) is 29.2 Å². The van der Waals surface area contributed by atoms with Crippen molar-refractivity contribution in [2.45, 2.75) is 12.5 Å². The van der Waals surface area contributed by atoms with Crippen LogP contribution in [0.5, 0.6) is 0 Å². The predicted molar refractivity (Wildman–Crippen MR) is 73.2 cm³/mol. The molecule has 3 nitrogen and oxygen atoms in total. The first-order valence-electron chi connectivity index (χ1n) is 5.57. The van der Waals surface area contributed by atoms with Crippen LogP contribution >= 0.6 is 22.9 Å². The van der Waals surface area contributed by atoms with Crippen LogP contribution in [0, 0.1) is 0 Å². The fourth-order valence-electron chi connectivity index (χ4n) is 1.90. The number of rotatable bonds is 3. The molecule has 1 aromatic carbocycles. The quantitative estimate of drug-likeness (QED) is 0.798. The van der Waals surface area contributed by atoms with Crippen molar-refractivity contribution in [3.05, 3.63) is 58.3 Å². The van der Waals surface area contributed by atoms with Gasteiger partial charge in [0.1, 0.15) is 0 Å². The third kappa shape index (κ3) is 2.27. The van der Waals surface area contributed by atoms with E-state index >= 15 is 0 Å². The van der Waals surface area contributed by atoms with E-state index in [1.54, 1.807) is 23.5 Å². The molecule has 18 heavy (non-hydrogen) atoms. The maximum absolute atomic E-state index is 10.2. The summed E-state index contributed by atoms with van der Waals surface area (Å²) in [5, 5.41) is 12.8. The van der Waals surface area contributed by atoms with Gasteiger partial charge in [-0.3, -0.25) is 4.40 Å². The van der Waals surface area contributed by atoms with Crippen LogP contribution in [0.3, 0.4) is 0 Å². The second-order valence-corrected chi connectivity index (χ2v) is 5.41. The zero-order chi connectivity index (χ0) is 12.5. The molecule has 3 aromatic rings. The van der Waals surface area contributed by atoms with Gasteiger partial charge in [-0.15, -0.1) is 11.3 Å². The number of nitrogens with zero attached hydrogens (tertiary/aromatic N) is 2. The molecule has 1 atom stereocenters. The molecule has 0 radical (unpaired) electrons. The standard InChI is InChI=1S/C13H11ClN2OS/c14-10-3-1-2-9(6-10)12(17)7-11-8-16-4-5-18-13(16)15-11/h1-6,8,12,17H,7H2. The van der Waals surface area contributed by atoms with Crippen molar-refractivity contribution in [1.29, 1.82) is 0 Å². The average Bonchev–Trinajstić information content (AvgIpc) is 2.89. The first-order valence-corrected chi connectivity index (χ1v) is 6.83. The Morgan fingerprint density at radius 2 is 2.33 bits per heavy atom. The molecule has 0 aliphatic carbocycles. The fourth-order valence-corrected chi connectivity index (χ4v) is 2.82. The fraction of sp³-hybridized carbons (Fsp3) is 0.154. The molecule has 0 saturated carbocycles. The van der Waals surface area contributed by atoms with Gasteiger partial charge in [0.15, 0.2) is 4.96 Å². The van der Waals surface area contributed by atoms with E-state index in [2.05, 4.69) is 4.98 Å². The largest absolute Gasteiger partial charge is 0.388 e. The minimum atomic E-state index is -0.576. The average molecular weight is 279 g/mol. The Balaban J connectivity index is 1.81. The van der Waals surface area contributed by atoms with Gasteiger partial charge in [-0.05, 0) is 17.7 Å². The highest BCUT2D eigenvalue weighted by Crippen LogP contribution is 2.22. The van der Waals surface area contributed by atoms with Gasteiger partial charge in [-0.2, -0.15) is 0 Å². The van der Waals surface area contributed by atoms with Gasteiger partial charge in [0.05, 0.1) is 11.8 Å². The number of thiazole rings is 1. The zero-order valence-electron chi connectivity index (χ0n) is 9.45. The number of aromatic nitrogens is 2. The van der Waals surface area contributed by atoms with Crippen molar-refractivity contribution in [3.8, 4) is 0 Å². The van der Waals surface area contributed by atoms with Gasteiger partial charge < -0.3 is 5.11 Å². The molecule has 0 aliphatic rings. The van der Waals surface area contributed by atoms with E-state index in [0.29, 0.717) is 11.4 Å². The van der Waals surface area contributed by atoms with E-state index in [9.17, 15) is 5.11 Å². The number of benzene rings is 1. The summed E-state index contributed by atoms with van der Waals surface area (Å²) >= 11 is 7.49. The van der Waals surface area contributed by atoms with Crippen molar-refractivity contribution >= 4 is 27.9 Å². The second-order valence-electron chi connectivity index (χ2n) is 4.10. The zero-order valence-corrected chi connectivity index (χ0v) is 11.0. The number of aliphatic hydroxyl groups is 1. The van der Waals surface area contributed by atoms with E-state index in [1.807, 2.05) is 34.3 Å². The summed E-state index contributed by atoms with van der Waals surface area (Å²) < 4.78 is 1.96. The van der Waals surface area contributed by atoms with Gasteiger partial charge in [0.25, 0.3) is 0 Å². The Bertz CT molecular complexity index is 648. The summed E-state index contributed by atoms with van der Waals surface area (Å²) in [5.41, 5.74) is 1.70. The SMILES string of the molecule is OC(Cc1cn2ccsc2n1)c1cccc(Cl)c1. The monoisotopic (exact) mass is 278 g/mol. The maximum Gasteiger partial charge on any atom is 0.193 e. The van der Waals surface area contributed by atoms with Crippen LogP contribution in [0.25, 0.3) is 4.96 Å². The molecule has 0 spiro atoms. The van der Waals surface area contributed by atoms with Gasteiger partial charge >= 0.3 is 0 Å². The summed E-state index contributed by atoms with van der Waals surface area (Å²) in [7, 11) is 0. The van der Waals surface area contributed by atoms with Gasteiger partial charge in [-0.25, -0.2) is 4.98 Å². The lowest BCUT2D eigenvalue weighted by molar-refractivity contribution is 0.177. The molecule has 0 amide bonds. The van der Waals surface area contributed by atoms with Crippen molar-refractivity contribution in [1.82, 2.24) is 9.38 Å². The molecule has 92 valence electrons. The molecular weight excluding hydrogens is 268 g/mol. The van der Waals surface area contributed by atoms with E-state index in [1.165, 1.54) is 0 Å². The molecule has 1 N–H and O–H groups in total. The van der Waals surface area contributed by atoms with Gasteiger partial charge in [0.2, 0.25) is 0 Å². The normalized spacial score (nSPS) is 13.0. The Morgan fingerprint density at radius 1 is 1.44 bits per heavy atom. The third-order valence-electron chi connectivity index (χ3n) is 2.78. The molecule has 2 heterocycles. The Hall–Kier alpha value is -1.36. The lowest BCUT2D eigenvalue weighted by Crippen LogP contribution is -2.01. The van der Waals surface area contributed by atoms with Crippen molar-refractivity contribution in [2.24, 2.45) is 0 Å². The molecule has 0 bridgehead atoms. The highest BCUT2D eigenvalue weighted by molar-refractivity contribution is 7.15. The van der Waals surface area contributed by atoms with E-state index in [4.69, 9.17) is 11.6 Å². The first kappa shape index (κ1) is 11.7. The van der Waals surface area contributed by atoms with Crippen molar-refractivity contribution < 1.29 is 5.11 Å². The smallest absolute Gasteiger partial charge is 0.193 e. The minimum absolute atomic E-state index is 0.495. The molecule has 5 heteroatoms. The van der Waals surface area contributed by atoms with Crippen molar-refractivity contribution in [2.75, 3.05) is 0 Å². The van der Waals surface area contributed by atoms with E-state index in [0.717, 1.165) is 16.2 Å². The molecule has 0 fully saturated rings. The summed E-state index contributed by atoms with van der Waals surface area (Å²) in [6, 6.07) is 7.29. The number of imidazole rings is 1. The van der Waals surface area contributed by atoms with Crippen LogP contribution in [0.4, 0.5) is 0 Å². The molecule has 3 rings (SSSR count). The van der Waals surface area contributed by atoms with E-state index < -0.39 is 6.10 Å². The summed E-state index contributed by atoms with van der Waals surface area (Å²) in [4.78, 5) is 5.40. The number of aliphatic hydroxyl groups excluding tert-OH is 1. The predicted octanol–water partition coefficient (Wildman–Crippen LogP) is 3.33. The lowest BCUT2D eigenvalue weighted by Gasteiger charge is -2.09. The van der Waals surface area contributed by atoms with Crippen molar-refractivity contribution in [3.63, 3.8) is 0 Å². The molecule has 1 unspecified atom stereocenters. The van der Waals surface area contributed by atoms with E-state index in [-0.39, 0.29) is 0 Å². The summed E-state index contributed by atoms with van der Waals surface area (Å²) in [6.45, 7) is 0. The Morgan fingerprint density at radius 3 is 3.11 bits per heavy atom. The molecule has 2 aromatic heterocycles. The topological polar surface area (TPSA) is 37.5 Å². The highest BCUT2D eigenvalue weighted by atomic mass is 35.5. The third-order valence-corrected chi connectivity index (χ3v) is 3.78. The number of halogens is 1. The summed E-state index contributed by atoms with van der Waals surface area (Å²) in [5.74, 6) is 0. The number of fused-ring (bicyclic) bond motifs is 1. The van der Waals surface area contributed by atoms with Crippen LogP contribution in [-0.2, 0) is 6.42 Å². The van der Waals surface area contributed by atoms with Crippen LogP contribution in [-0.4, -0.2) is 14.5 Å². The van der Waals surface area contributed by atoms with Crippen LogP contribution in [0.2, 0.25) is 5.02 Å². The second kappa shape index (κ2) is 4.72. The first-order chi connectivity index (χ1) is 8.72. The van der Waals surface area contributed by atoms with Gasteiger partial charge in [-0.1, -0.05) is 23.7 Å². The van der Waals surface area contributed by atoms with Crippen LogP contribution in [0.1, 0.15) is 17.4 Å². The van der Waals surface area contributed by atoms with Crippen LogP contribution < -0.4 is 0 Å².